The summed E-state index contributed by atoms with van der Waals surface area (Å²) in [4.78, 5) is 29.6. The predicted molar refractivity (Wildman–Crippen MR) is 163 cm³/mol. The van der Waals surface area contributed by atoms with Crippen molar-refractivity contribution in [3.05, 3.63) is 71.0 Å². The van der Waals surface area contributed by atoms with Gasteiger partial charge in [-0.05, 0) is 93.8 Å². The quantitative estimate of drug-likeness (QED) is 0.354. The van der Waals surface area contributed by atoms with E-state index in [0.29, 0.717) is 23.7 Å². The molecule has 1 aliphatic carbocycles. The molecule has 2 aromatic carbocycles. The number of fused-ring (bicyclic) bond motifs is 3. The predicted octanol–water partition coefficient (Wildman–Crippen LogP) is 4.15. The van der Waals surface area contributed by atoms with E-state index in [1.807, 2.05) is 42.5 Å². The van der Waals surface area contributed by atoms with E-state index in [2.05, 4.69) is 11.0 Å². The van der Waals surface area contributed by atoms with E-state index in [-0.39, 0.29) is 32.2 Å². The van der Waals surface area contributed by atoms with Crippen LogP contribution < -0.4 is 9.47 Å². The topological polar surface area (TPSA) is 124 Å². The van der Waals surface area contributed by atoms with Gasteiger partial charge in [-0.15, -0.1) is 0 Å². The summed E-state index contributed by atoms with van der Waals surface area (Å²) < 4.78 is 29.0. The fourth-order valence-electron chi connectivity index (χ4n) is 7.42. The number of hydrogen-bond donors (Lipinski definition) is 2. The second-order valence-corrected chi connectivity index (χ2v) is 13.3. The number of hydrogen-bond acceptors (Lipinski definition) is 10. The standard InChI is InChI=1S/C35H43NO9/c1-33(2,39)12-7-14-35(40,20-29(37)42-21-23-9-5-4-6-10-23)32(38)45-31-28(41-3)19-34-13-8-15-36(34)16-11-24-17-26-27(44-22-43-26)18-25(24)30(31)34/h4-6,9-10,17-19,30-31,39-40H,7-8,11-16,20-22H2,1-3H3/t30-,31?,34-,35+/m1/s1. The molecule has 2 aromatic rings. The van der Waals surface area contributed by atoms with Gasteiger partial charge < -0.3 is 33.9 Å². The Morgan fingerprint density at radius 1 is 1.07 bits per heavy atom. The number of ether oxygens (including phenoxy) is 5. The van der Waals surface area contributed by atoms with Crippen LogP contribution in [-0.2, 0) is 36.8 Å². The molecule has 6 rings (SSSR count). The lowest BCUT2D eigenvalue weighted by molar-refractivity contribution is -0.179. The molecule has 1 spiro atoms. The highest BCUT2D eigenvalue weighted by molar-refractivity contribution is 5.86. The normalized spacial score (nSPS) is 24.9. The van der Waals surface area contributed by atoms with Gasteiger partial charge in [0.05, 0.1) is 30.6 Å². The molecule has 4 aliphatic rings. The Hall–Kier alpha value is -3.60. The van der Waals surface area contributed by atoms with Crippen LogP contribution in [0.15, 0.2) is 54.3 Å². The molecule has 0 aromatic heterocycles. The van der Waals surface area contributed by atoms with Crippen molar-refractivity contribution in [1.82, 2.24) is 4.90 Å². The lowest BCUT2D eigenvalue weighted by Crippen LogP contribution is -2.49. The molecule has 1 unspecified atom stereocenters. The van der Waals surface area contributed by atoms with Crippen molar-refractivity contribution in [2.45, 2.75) is 94.2 Å². The minimum atomic E-state index is -2.18. The van der Waals surface area contributed by atoms with Gasteiger partial charge in [-0.3, -0.25) is 9.69 Å². The molecular weight excluding hydrogens is 578 g/mol. The number of aliphatic hydroxyl groups is 2. The van der Waals surface area contributed by atoms with Gasteiger partial charge in [0.15, 0.2) is 23.2 Å². The van der Waals surface area contributed by atoms with Crippen LogP contribution in [0.5, 0.6) is 11.5 Å². The van der Waals surface area contributed by atoms with Gasteiger partial charge in [0.1, 0.15) is 12.4 Å². The molecule has 0 bridgehead atoms. The minimum absolute atomic E-state index is 0.0149. The summed E-state index contributed by atoms with van der Waals surface area (Å²) in [6.45, 7) is 5.22. The highest BCUT2D eigenvalue weighted by atomic mass is 16.7. The van der Waals surface area contributed by atoms with Crippen molar-refractivity contribution >= 4 is 11.9 Å². The van der Waals surface area contributed by atoms with Crippen LogP contribution in [0.3, 0.4) is 0 Å². The van der Waals surface area contributed by atoms with E-state index < -0.39 is 41.2 Å². The summed E-state index contributed by atoms with van der Waals surface area (Å²) in [7, 11) is 1.56. The van der Waals surface area contributed by atoms with Gasteiger partial charge in [0.25, 0.3) is 0 Å². The maximum Gasteiger partial charge on any atom is 0.339 e. The zero-order valence-corrected chi connectivity index (χ0v) is 26.3. The zero-order chi connectivity index (χ0) is 31.8. The van der Waals surface area contributed by atoms with Crippen LogP contribution in [0.4, 0.5) is 0 Å². The first-order chi connectivity index (χ1) is 21.5. The van der Waals surface area contributed by atoms with E-state index in [1.54, 1.807) is 21.0 Å². The Morgan fingerprint density at radius 3 is 2.56 bits per heavy atom. The molecule has 0 radical (unpaired) electrons. The molecule has 1 saturated heterocycles. The molecule has 2 N–H and O–H groups in total. The van der Waals surface area contributed by atoms with E-state index in [0.717, 1.165) is 49.0 Å². The number of benzene rings is 2. The largest absolute Gasteiger partial charge is 0.497 e. The number of nitrogens with zero attached hydrogens (tertiary/aromatic N) is 1. The molecule has 10 nitrogen and oxygen atoms in total. The van der Waals surface area contributed by atoms with Gasteiger partial charge in [-0.1, -0.05) is 30.3 Å². The third-order valence-electron chi connectivity index (χ3n) is 9.64. The van der Waals surface area contributed by atoms with Crippen molar-refractivity contribution in [3.63, 3.8) is 0 Å². The lowest BCUT2D eigenvalue weighted by atomic mass is 9.77. The SMILES string of the molecule is COC1=C[C@@]23CCCN2CCc2cc4c(cc2[C@@H]3C1OC(=O)[C@](O)(CCCC(C)(C)O)CC(=O)OCc1ccccc1)OCO4. The smallest absolute Gasteiger partial charge is 0.339 e. The number of carbonyl (C=O) groups excluding carboxylic acids is 2. The Bertz CT molecular complexity index is 1450. The average molecular weight is 622 g/mol. The molecule has 3 heterocycles. The molecule has 10 heteroatoms. The second-order valence-electron chi connectivity index (χ2n) is 13.3. The molecular formula is C35H43NO9. The van der Waals surface area contributed by atoms with Gasteiger partial charge in [-0.2, -0.15) is 0 Å². The summed E-state index contributed by atoms with van der Waals surface area (Å²) in [5.74, 6) is -0.104. The monoisotopic (exact) mass is 621 g/mol. The highest BCUT2D eigenvalue weighted by Gasteiger charge is 2.59. The summed E-state index contributed by atoms with van der Waals surface area (Å²) >= 11 is 0. The molecule has 3 aliphatic heterocycles. The van der Waals surface area contributed by atoms with Gasteiger partial charge in [-0.25, -0.2) is 4.79 Å². The van der Waals surface area contributed by atoms with Crippen LogP contribution in [0, 0.1) is 0 Å². The maximum atomic E-state index is 14.1. The molecule has 45 heavy (non-hydrogen) atoms. The van der Waals surface area contributed by atoms with Crippen LogP contribution in [-0.4, -0.2) is 76.9 Å². The fraction of sp³-hybridized carbons (Fsp3) is 0.543. The molecule has 0 amide bonds. The van der Waals surface area contributed by atoms with E-state index in [1.165, 1.54) is 0 Å². The third-order valence-corrected chi connectivity index (χ3v) is 9.64. The van der Waals surface area contributed by atoms with Crippen molar-refractivity contribution in [1.29, 1.82) is 0 Å². The van der Waals surface area contributed by atoms with Crippen molar-refractivity contribution < 1.29 is 43.5 Å². The van der Waals surface area contributed by atoms with Crippen molar-refractivity contribution in [2.75, 3.05) is 27.0 Å². The lowest BCUT2D eigenvalue weighted by Gasteiger charge is -2.39. The summed E-state index contributed by atoms with van der Waals surface area (Å²) in [6.07, 6.45) is 3.81. The van der Waals surface area contributed by atoms with Crippen LogP contribution >= 0.6 is 0 Å². The molecule has 0 saturated carbocycles. The zero-order valence-electron chi connectivity index (χ0n) is 26.3. The Morgan fingerprint density at radius 2 is 1.82 bits per heavy atom. The second kappa shape index (κ2) is 12.3. The van der Waals surface area contributed by atoms with Crippen molar-refractivity contribution in [3.8, 4) is 11.5 Å². The Kier molecular flexibility index (Phi) is 8.58. The number of carbonyl (C=O) groups is 2. The summed E-state index contributed by atoms with van der Waals surface area (Å²) in [5, 5.41) is 22.2. The van der Waals surface area contributed by atoms with Crippen LogP contribution in [0.25, 0.3) is 0 Å². The fourth-order valence-corrected chi connectivity index (χ4v) is 7.42. The first kappa shape index (κ1) is 31.4. The highest BCUT2D eigenvalue weighted by Crippen LogP contribution is 2.55. The van der Waals surface area contributed by atoms with E-state index >= 15 is 0 Å². The minimum Gasteiger partial charge on any atom is -0.497 e. The number of rotatable bonds is 11. The summed E-state index contributed by atoms with van der Waals surface area (Å²) in [5.41, 5.74) is -0.745. The van der Waals surface area contributed by atoms with Gasteiger partial charge in [0, 0.05) is 6.54 Å². The molecule has 4 atom stereocenters. The van der Waals surface area contributed by atoms with Gasteiger partial charge in [0.2, 0.25) is 6.79 Å². The van der Waals surface area contributed by atoms with Gasteiger partial charge >= 0.3 is 11.9 Å². The van der Waals surface area contributed by atoms with Crippen LogP contribution in [0.2, 0.25) is 0 Å². The Balaban J connectivity index is 1.29. The van der Waals surface area contributed by atoms with E-state index in [4.69, 9.17) is 23.7 Å². The number of methoxy groups -OCH3 is 1. The molecule has 242 valence electrons. The first-order valence-corrected chi connectivity index (χ1v) is 15.8. The summed E-state index contributed by atoms with van der Waals surface area (Å²) in [6, 6.07) is 13.2. The average Bonchev–Trinajstić information content (AvgIpc) is 3.69. The van der Waals surface area contributed by atoms with Crippen molar-refractivity contribution in [2.24, 2.45) is 0 Å². The number of esters is 2. The van der Waals surface area contributed by atoms with E-state index in [9.17, 15) is 19.8 Å². The first-order valence-electron chi connectivity index (χ1n) is 15.8. The molecule has 1 fully saturated rings. The Labute approximate surface area is 263 Å². The third kappa shape index (κ3) is 6.28. The maximum absolute atomic E-state index is 14.1. The van der Waals surface area contributed by atoms with Crippen LogP contribution in [0.1, 0.15) is 75.0 Å².